The maximum Gasteiger partial charge on any atom is 0.0899 e. The van der Waals surface area contributed by atoms with E-state index in [4.69, 9.17) is 4.74 Å². The van der Waals surface area contributed by atoms with Crippen molar-refractivity contribution in [2.24, 2.45) is 11.8 Å². The molecular weight excluding hydrogens is 210 g/mol. The van der Waals surface area contributed by atoms with E-state index in [9.17, 15) is 5.11 Å². The third-order valence-electron chi connectivity index (χ3n) is 2.60. The molecule has 2 atom stereocenters. The molecule has 0 radical (unpaired) electrons. The molecule has 0 amide bonds. The Balaban J connectivity index is 3.84. The molecule has 4 heteroatoms. The maximum atomic E-state index is 9.56. The molecule has 0 aliphatic heterocycles. The van der Waals surface area contributed by atoms with Crippen molar-refractivity contribution in [3.8, 4) is 0 Å². The fraction of sp³-hybridized carbons (Fsp3) is 1.00. The summed E-state index contributed by atoms with van der Waals surface area (Å²) >= 11 is 4.35. The third kappa shape index (κ3) is 7.17. The van der Waals surface area contributed by atoms with Crippen molar-refractivity contribution in [3.63, 3.8) is 0 Å². The quantitative estimate of drug-likeness (QED) is 0.619. The highest BCUT2D eigenvalue weighted by Crippen LogP contribution is 2.13. The molecule has 0 aromatic heterocycles. The summed E-state index contributed by atoms with van der Waals surface area (Å²) in [7, 11) is 3.63. The van der Waals surface area contributed by atoms with E-state index in [1.807, 2.05) is 7.05 Å². The topological polar surface area (TPSA) is 32.7 Å². The molecule has 0 saturated heterocycles. The van der Waals surface area contributed by atoms with Crippen molar-refractivity contribution in [3.05, 3.63) is 0 Å². The molecule has 0 aliphatic carbocycles. The van der Waals surface area contributed by atoms with E-state index in [2.05, 4.69) is 31.4 Å². The van der Waals surface area contributed by atoms with Gasteiger partial charge in [-0.1, -0.05) is 13.8 Å². The Morgan fingerprint density at radius 2 is 1.93 bits per heavy atom. The first-order valence-electron chi connectivity index (χ1n) is 5.47. The Bertz CT molecular complexity index is 156. The molecule has 0 aromatic carbocycles. The number of nitrogens with zero attached hydrogens (tertiary/aromatic N) is 1. The van der Waals surface area contributed by atoms with Gasteiger partial charge in [0.1, 0.15) is 0 Å². The van der Waals surface area contributed by atoms with E-state index < -0.39 is 6.10 Å². The number of aliphatic hydroxyl groups excluding tert-OH is 1. The van der Waals surface area contributed by atoms with Gasteiger partial charge in [-0.15, -0.1) is 0 Å². The van der Waals surface area contributed by atoms with E-state index in [0.29, 0.717) is 25.0 Å². The molecule has 0 saturated carbocycles. The number of ether oxygens (including phenoxy) is 1. The number of aliphatic hydroxyl groups is 1. The summed E-state index contributed by atoms with van der Waals surface area (Å²) in [5.74, 6) is 2.10. The first-order chi connectivity index (χ1) is 7.01. The highest BCUT2D eigenvalue weighted by molar-refractivity contribution is 7.80. The van der Waals surface area contributed by atoms with Crippen LogP contribution in [0.4, 0.5) is 0 Å². The molecule has 0 aliphatic rings. The standard InChI is InChI=1S/C11H25NO2S/c1-9(2)10(8-15)5-12(3)6-11(13)7-14-4/h9-11,13,15H,5-8H2,1-4H3. The van der Waals surface area contributed by atoms with Gasteiger partial charge in [0.15, 0.2) is 0 Å². The van der Waals surface area contributed by atoms with Gasteiger partial charge < -0.3 is 14.7 Å². The first-order valence-corrected chi connectivity index (χ1v) is 6.10. The van der Waals surface area contributed by atoms with Gasteiger partial charge in [-0.05, 0) is 24.6 Å². The number of methoxy groups -OCH3 is 1. The fourth-order valence-corrected chi connectivity index (χ4v) is 2.10. The molecule has 0 rings (SSSR count). The van der Waals surface area contributed by atoms with Crippen LogP contribution in [0.2, 0.25) is 0 Å². The van der Waals surface area contributed by atoms with E-state index in [1.54, 1.807) is 7.11 Å². The molecule has 3 nitrogen and oxygen atoms in total. The minimum absolute atomic E-state index is 0.396. The molecule has 92 valence electrons. The lowest BCUT2D eigenvalue weighted by Crippen LogP contribution is -2.36. The Morgan fingerprint density at radius 1 is 1.33 bits per heavy atom. The van der Waals surface area contributed by atoms with E-state index in [0.717, 1.165) is 12.3 Å². The van der Waals surface area contributed by atoms with Crippen LogP contribution in [0, 0.1) is 11.8 Å². The van der Waals surface area contributed by atoms with Crippen LogP contribution >= 0.6 is 12.6 Å². The van der Waals surface area contributed by atoms with Gasteiger partial charge in [0, 0.05) is 20.2 Å². The predicted octanol–water partition coefficient (Wildman–Crippen LogP) is 1.13. The minimum atomic E-state index is -0.396. The maximum absolute atomic E-state index is 9.56. The smallest absolute Gasteiger partial charge is 0.0899 e. The Hall–Kier alpha value is 0.230. The van der Waals surface area contributed by atoms with Crippen molar-refractivity contribution < 1.29 is 9.84 Å². The van der Waals surface area contributed by atoms with Crippen LogP contribution in [0.1, 0.15) is 13.8 Å². The van der Waals surface area contributed by atoms with Crippen molar-refractivity contribution in [1.29, 1.82) is 0 Å². The molecule has 0 fully saturated rings. The zero-order chi connectivity index (χ0) is 11.8. The van der Waals surface area contributed by atoms with Crippen LogP contribution in [-0.4, -0.2) is 55.7 Å². The summed E-state index contributed by atoms with van der Waals surface area (Å²) in [6.45, 7) is 6.45. The van der Waals surface area contributed by atoms with E-state index in [-0.39, 0.29) is 0 Å². The van der Waals surface area contributed by atoms with Gasteiger partial charge in [-0.25, -0.2) is 0 Å². The normalized spacial score (nSPS) is 16.0. The largest absolute Gasteiger partial charge is 0.389 e. The molecule has 0 bridgehead atoms. The molecule has 0 spiro atoms. The average Bonchev–Trinajstić information content (AvgIpc) is 2.13. The number of rotatable bonds is 8. The highest BCUT2D eigenvalue weighted by Gasteiger charge is 2.15. The summed E-state index contributed by atoms with van der Waals surface area (Å²) in [4.78, 5) is 2.14. The van der Waals surface area contributed by atoms with Crippen molar-refractivity contribution in [1.82, 2.24) is 4.90 Å². The van der Waals surface area contributed by atoms with Crippen molar-refractivity contribution in [2.45, 2.75) is 20.0 Å². The van der Waals surface area contributed by atoms with Gasteiger partial charge in [0.05, 0.1) is 12.7 Å². The van der Waals surface area contributed by atoms with Gasteiger partial charge in [-0.3, -0.25) is 0 Å². The predicted molar refractivity (Wildman–Crippen MR) is 67.6 cm³/mol. The van der Waals surface area contributed by atoms with Gasteiger partial charge in [0.2, 0.25) is 0 Å². The second-order valence-electron chi connectivity index (χ2n) is 4.52. The molecule has 0 heterocycles. The van der Waals surface area contributed by atoms with Crippen LogP contribution in [0.25, 0.3) is 0 Å². The van der Waals surface area contributed by atoms with E-state index in [1.165, 1.54) is 0 Å². The first kappa shape index (κ1) is 15.2. The number of hydrogen-bond acceptors (Lipinski definition) is 4. The monoisotopic (exact) mass is 235 g/mol. The lowest BCUT2D eigenvalue weighted by atomic mass is 9.97. The summed E-state index contributed by atoms with van der Waals surface area (Å²) in [5, 5.41) is 9.56. The van der Waals surface area contributed by atoms with Crippen molar-refractivity contribution >= 4 is 12.6 Å². The number of thiol groups is 1. The molecule has 15 heavy (non-hydrogen) atoms. The summed E-state index contributed by atoms with van der Waals surface area (Å²) in [6, 6.07) is 0. The zero-order valence-corrected chi connectivity index (χ0v) is 11.2. The number of hydrogen-bond donors (Lipinski definition) is 2. The van der Waals surface area contributed by atoms with Crippen molar-refractivity contribution in [2.75, 3.05) is 39.6 Å². The van der Waals surface area contributed by atoms with Crippen LogP contribution < -0.4 is 0 Å². The molecule has 1 N–H and O–H groups in total. The molecular formula is C11H25NO2S. The van der Waals surface area contributed by atoms with Gasteiger partial charge in [-0.2, -0.15) is 12.6 Å². The van der Waals surface area contributed by atoms with Crippen LogP contribution in [0.5, 0.6) is 0 Å². The Kier molecular flexibility index (Phi) is 8.52. The van der Waals surface area contributed by atoms with Gasteiger partial charge in [0.25, 0.3) is 0 Å². The van der Waals surface area contributed by atoms with Gasteiger partial charge >= 0.3 is 0 Å². The number of likely N-dealkylation sites (N-methyl/N-ethyl adjacent to an activating group) is 1. The van der Waals surface area contributed by atoms with Crippen LogP contribution in [-0.2, 0) is 4.74 Å². The lowest BCUT2D eigenvalue weighted by molar-refractivity contribution is 0.0396. The SMILES string of the molecule is COCC(O)CN(C)CC(CS)C(C)C. The summed E-state index contributed by atoms with van der Waals surface area (Å²) < 4.78 is 4.89. The zero-order valence-electron chi connectivity index (χ0n) is 10.3. The molecule has 2 unspecified atom stereocenters. The summed E-state index contributed by atoms with van der Waals surface area (Å²) in [6.07, 6.45) is -0.396. The molecule has 0 aromatic rings. The lowest BCUT2D eigenvalue weighted by Gasteiger charge is -2.27. The van der Waals surface area contributed by atoms with Crippen LogP contribution in [0.15, 0.2) is 0 Å². The van der Waals surface area contributed by atoms with E-state index >= 15 is 0 Å². The fourth-order valence-electron chi connectivity index (χ4n) is 1.56. The highest BCUT2D eigenvalue weighted by atomic mass is 32.1. The third-order valence-corrected chi connectivity index (χ3v) is 3.07. The Labute approximate surface area is 99.2 Å². The second-order valence-corrected chi connectivity index (χ2v) is 4.88. The summed E-state index contributed by atoms with van der Waals surface area (Å²) in [5.41, 5.74) is 0. The second kappa shape index (κ2) is 8.39. The minimum Gasteiger partial charge on any atom is -0.389 e. The van der Waals surface area contributed by atoms with Crippen LogP contribution in [0.3, 0.4) is 0 Å². The Morgan fingerprint density at radius 3 is 2.33 bits per heavy atom. The average molecular weight is 235 g/mol.